The Balaban J connectivity index is 2.03. The molecule has 7 nitrogen and oxygen atoms in total. The molecule has 0 radical (unpaired) electrons. The van der Waals surface area contributed by atoms with Gasteiger partial charge in [0.05, 0.1) is 24.6 Å². The molecule has 2 atom stereocenters. The second-order valence-electron chi connectivity index (χ2n) is 8.84. The van der Waals surface area contributed by atoms with Gasteiger partial charge in [0.1, 0.15) is 18.2 Å². The fourth-order valence-electron chi connectivity index (χ4n) is 3.27. The predicted molar refractivity (Wildman–Crippen MR) is 97.7 cm³/mol. The molecule has 0 aliphatic carbocycles. The lowest BCUT2D eigenvalue weighted by molar-refractivity contribution is -0.186. The number of fused-ring (bicyclic) bond motifs is 1. The third kappa shape index (κ3) is 5.00. The molecule has 28 heavy (non-hydrogen) atoms. The summed E-state index contributed by atoms with van der Waals surface area (Å²) >= 11 is 0. The Morgan fingerprint density at radius 3 is 2.50 bits per heavy atom. The number of nitrogens with zero attached hydrogens (tertiary/aromatic N) is 2. The Kier molecular flexibility index (Phi) is 6.40. The summed E-state index contributed by atoms with van der Waals surface area (Å²) in [5.74, 6) is -3.58. The van der Waals surface area contributed by atoms with Crippen LogP contribution in [-0.4, -0.2) is 71.9 Å². The van der Waals surface area contributed by atoms with Gasteiger partial charge in [0.25, 0.3) is 5.92 Å². The normalized spacial score (nSPS) is 24.8. The summed E-state index contributed by atoms with van der Waals surface area (Å²) in [6, 6.07) is -2.08. The monoisotopic (exact) mass is 404 g/mol. The van der Waals surface area contributed by atoms with Crippen molar-refractivity contribution in [3.8, 4) is 0 Å². The zero-order valence-electron chi connectivity index (χ0n) is 17.2. The SMILES string of the molecule is C=CCOC(=O)C(C)(C)CCN1OC[C@H]2[C@@H]1C(F)(F)CN2C(=O)OC(C)(C)C. The van der Waals surface area contributed by atoms with Gasteiger partial charge in [0.2, 0.25) is 0 Å². The van der Waals surface area contributed by atoms with Crippen LogP contribution in [0.4, 0.5) is 13.6 Å². The molecule has 160 valence electrons. The van der Waals surface area contributed by atoms with E-state index in [1.807, 2.05) is 0 Å². The fourth-order valence-corrected chi connectivity index (χ4v) is 3.27. The first kappa shape index (κ1) is 22.5. The summed E-state index contributed by atoms with van der Waals surface area (Å²) in [6.07, 6.45) is 0.944. The number of likely N-dealkylation sites (tertiary alicyclic amines) is 1. The van der Waals surface area contributed by atoms with Crippen LogP contribution >= 0.6 is 0 Å². The van der Waals surface area contributed by atoms with E-state index in [0.717, 1.165) is 4.90 Å². The molecule has 0 N–H and O–H groups in total. The molecule has 2 saturated heterocycles. The number of carbonyl (C=O) groups is 2. The fraction of sp³-hybridized carbons (Fsp3) is 0.789. The van der Waals surface area contributed by atoms with Crippen LogP contribution in [0.2, 0.25) is 0 Å². The van der Waals surface area contributed by atoms with Crippen LogP contribution in [0.3, 0.4) is 0 Å². The minimum Gasteiger partial charge on any atom is -0.461 e. The van der Waals surface area contributed by atoms with Crippen molar-refractivity contribution in [1.29, 1.82) is 0 Å². The quantitative estimate of drug-likeness (QED) is 0.501. The van der Waals surface area contributed by atoms with E-state index in [0.29, 0.717) is 0 Å². The van der Waals surface area contributed by atoms with Crippen LogP contribution in [0, 0.1) is 5.41 Å². The van der Waals surface area contributed by atoms with Crippen LogP contribution in [-0.2, 0) is 19.1 Å². The Bertz CT molecular complexity index is 618. The molecule has 0 aromatic heterocycles. The zero-order valence-corrected chi connectivity index (χ0v) is 17.2. The highest BCUT2D eigenvalue weighted by atomic mass is 19.3. The highest BCUT2D eigenvalue weighted by Crippen LogP contribution is 2.41. The van der Waals surface area contributed by atoms with Gasteiger partial charge in [-0.05, 0) is 41.0 Å². The number of alkyl halides is 2. The van der Waals surface area contributed by atoms with E-state index in [4.69, 9.17) is 14.3 Å². The average molecular weight is 404 g/mol. The lowest BCUT2D eigenvalue weighted by Crippen LogP contribution is -2.46. The lowest BCUT2D eigenvalue weighted by atomic mass is 9.89. The van der Waals surface area contributed by atoms with Crippen molar-refractivity contribution < 1.29 is 32.7 Å². The minimum atomic E-state index is -3.15. The predicted octanol–water partition coefficient (Wildman–Crippen LogP) is 3.00. The molecule has 0 spiro atoms. The Morgan fingerprint density at radius 2 is 1.93 bits per heavy atom. The molecule has 1 amide bonds. The highest BCUT2D eigenvalue weighted by Gasteiger charge is 2.62. The van der Waals surface area contributed by atoms with Crippen molar-refractivity contribution in [3.63, 3.8) is 0 Å². The van der Waals surface area contributed by atoms with Crippen LogP contribution < -0.4 is 0 Å². The average Bonchev–Trinajstić information content (AvgIpc) is 3.09. The van der Waals surface area contributed by atoms with Gasteiger partial charge < -0.3 is 9.47 Å². The molecule has 2 heterocycles. The van der Waals surface area contributed by atoms with Crippen molar-refractivity contribution in [2.75, 3.05) is 26.3 Å². The van der Waals surface area contributed by atoms with Gasteiger partial charge in [-0.2, -0.15) is 5.06 Å². The van der Waals surface area contributed by atoms with E-state index < -0.39 is 47.6 Å². The van der Waals surface area contributed by atoms with E-state index in [2.05, 4.69) is 6.58 Å². The highest BCUT2D eigenvalue weighted by molar-refractivity contribution is 5.76. The maximum atomic E-state index is 14.7. The van der Waals surface area contributed by atoms with Crippen LogP contribution in [0.5, 0.6) is 0 Å². The van der Waals surface area contributed by atoms with E-state index in [-0.39, 0.29) is 26.2 Å². The molecule has 2 rings (SSSR count). The number of esters is 1. The number of amides is 1. The third-order valence-electron chi connectivity index (χ3n) is 4.77. The second kappa shape index (κ2) is 7.94. The van der Waals surface area contributed by atoms with Crippen molar-refractivity contribution in [3.05, 3.63) is 12.7 Å². The Hall–Kier alpha value is -1.74. The van der Waals surface area contributed by atoms with E-state index >= 15 is 0 Å². The lowest BCUT2D eigenvalue weighted by Gasteiger charge is -2.29. The molecule has 9 heteroatoms. The largest absolute Gasteiger partial charge is 0.461 e. The summed E-state index contributed by atoms with van der Waals surface area (Å²) in [4.78, 5) is 30.9. The van der Waals surface area contributed by atoms with Crippen molar-refractivity contribution in [1.82, 2.24) is 9.96 Å². The topological polar surface area (TPSA) is 68.3 Å². The molecule has 2 fully saturated rings. The van der Waals surface area contributed by atoms with Gasteiger partial charge in [-0.3, -0.25) is 14.5 Å². The number of carbonyl (C=O) groups excluding carboxylic acids is 2. The molecule has 0 bridgehead atoms. The van der Waals surface area contributed by atoms with Crippen LogP contribution in [0.1, 0.15) is 41.0 Å². The number of hydrogen-bond donors (Lipinski definition) is 0. The summed E-state index contributed by atoms with van der Waals surface area (Å²) in [5, 5.41) is 1.19. The molecule has 0 aromatic rings. The van der Waals surface area contributed by atoms with Crippen LogP contribution in [0.25, 0.3) is 0 Å². The van der Waals surface area contributed by atoms with Gasteiger partial charge in [-0.1, -0.05) is 12.7 Å². The van der Waals surface area contributed by atoms with Gasteiger partial charge in [0.15, 0.2) is 0 Å². The zero-order chi connectivity index (χ0) is 21.3. The molecule has 2 aliphatic heterocycles. The molecule has 0 aromatic carbocycles. The number of halogens is 2. The first-order valence-corrected chi connectivity index (χ1v) is 9.33. The van der Waals surface area contributed by atoms with Crippen LogP contribution in [0.15, 0.2) is 12.7 Å². The van der Waals surface area contributed by atoms with Gasteiger partial charge in [-0.15, -0.1) is 0 Å². The smallest absolute Gasteiger partial charge is 0.410 e. The molecular formula is C19H30F2N2O5. The van der Waals surface area contributed by atoms with Gasteiger partial charge in [0, 0.05) is 6.54 Å². The first-order chi connectivity index (χ1) is 12.8. The third-order valence-corrected chi connectivity index (χ3v) is 4.77. The number of rotatable bonds is 6. The maximum absolute atomic E-state index is 14.7. The van der Waals surface area contributed by atoms with Gasteiger partial charge in [-0.25, -0.2) is 13.6 Å². The van der Waals surface area contributed by atoms with E-state index in [1.165, 1.54) is 11.1 Å². The number of ether oxygens (including phenoxy) is 2. The Labute approximate surface area is 164 Å². The van der Waals surface area contributed by atoms with Crippen molar-refractivity contribution in [2.24, 2.45) is 5.41 Å². The van der Waals surface area contributed by atoms with E-state index in [9.17, 15) is 18.4 Å². The standard InChI is InChI=1S/C19H30F2N2O5/c1-7-10-26-15(24)18(5,6)8-9-23-14-13(11-27-23)22(12-19(14,20)21)16(25)28-17(2,3)4/h7,13-14H,1,8-12H2,2-6H3/t13-,14+/m0/s1. The minimum absolute atomic E-state index is 0.0408. The summed E-state index contributed by atoms with van der Waals surface area (Å²) in [7, 11) is 0. The maximum Gasteiger partial charge on any atom is 0.410 e. The number of hydrogen-bond acceptors (Lipinski definition) is 6. The summed E-state index contributed by atoms with van der Waals surface area (Å²) < 4.78 is 39.6. The summed E-state index contributed by atoms with van der Waals surface area (Å²) in [5.41, 5.74) is -1.65. The second-order valence-corrected chi connectivity index (χ2v) is 8.84. The first-order valence-electron chi connectivity index (χ1n) is 9.33. The van der Waals surface area contributed by atoms with Gasteiger partial charge >= 0.3 is 12.1 Å². The van der Waals surface area contributed by atoms with Crippen molar-refractivity contribution in [2.45, 2.75) is 64.6 Å². The molecule has 0 unspecified atom stereocenters. The molecular weight excluding hydrogens is 374 g/mol. The van der Waals surface area contributed by atoms with E-state index in [1.54, 1.807) is 34.6 Å². The molecule has 0 saturated carbocycles. The Morgan fingerprint density at radius 1 is 1.29 bits per heavy atom. The molecule has 2 aliphatic rings. The summed E-state index contributed by atoms with van der Waals surface area (Å²) in [6.45, 7) is 11.3. The van der Waals surface area contributed by atoms with Crippen molar-refractivity contribution >= 4 is 12.1 Å². The number of hydroxylamine groups is 2.